The van der Waals surface area contributed by atoms with E-state index in [1.54, 1.807) is 11.0 Å². The molecule has 0 amide bonds. The summed E-state index contributed by atoms with van der Waals surface area (Å²) in [6.45, 7) is 0.351. The van der Waals surface area contributed by atoms with Crippen LogP contribution in [0.3, 0.4) is 0 Å². The summed E-state index contributed by atoms with van der Waals surface area (Å²) in [4.78, 5) is 3.95. The average molecular weight is 282 g/mol. The molecule has 0 N–H and O–H groups in total. The molecule has 0 radical (unpaired) electrons. The third-order valence-electron chi connectivity index (χ3n) is 3.94. The average Bonchev–Trinajstić information content (AvgIpc) is 3.21. The molecule has 5 heteroatoms. The van der Waals surface area contributed by atoms with Gasteiger partial charge in [-0.3, -0.25) is 0 Å². The molecule has 108 valence electrons. The van der Waals surface area contributed by atoms with E-state index in [2.05, 4.69) is 16.2 Å². The van der Waals surface area contributed by atoms with Gasteiger partial charge in [-0.1, -0.05) is 43.2 Å². The first-order chi connectivity index (χ1) is 10.3. The second-order valence-electron chi connectivity index (χ2n) is 5.42. The third-order valence-corrected chi connectivity index (χ3v) is 3.94. The first kappa shape index (κ1) is 13.8. The largest absolute Gasteiger partial charge is 0.351 e. The van der Waals surface area contributed by atoms with E-state index < -0.39 is 5.60 Å². The van der Waals surface area contributed by atoms with Crippen molar-refractivity contribution in [1.29, 1.82) is 5.26 Å². The Morgan fingerprint density at radius 1 is 1.29 bits per heavy atom. The van der Waals surface area contributed by atoms with E-state index in [1.165, 1.54) is 19.2 Å². The Hall–Kier alpha value is -2.19. The van der Waals surface area contributed by atoms with Gasteiger partial charge in [0.25, 0.3) is 0 Å². The topological polar surface area (TPSA) is 63.7 Å². The van der Waals surface area contributed by atoms with Crippen LogP contribution in [0.1, 0.15) is 31.2 Å². The van der Waals surface area contributed by atoms with Crippen LogP contribution < -0.4 is 0 Å². The van der Waals surface area contributed by atoms with Crippen molar-refractivity contribution in [3.63, 3.8) is 0 Å². The maximum Gasteiger partial charge on any atom is 0.199 e. The molecule has 1 saturated carbocycles. The maximum absolute atomic E-state index is 9.85. The van der Waals surface area contributed by atoms with Crippen molar-refractivity contribution in [2.24, 2.45) is 0 Å². The third kappa shape index (κ3) is 2.96. The number of ether oxygens (including phenoxy) is 1. The molecule has 5 nitrogen and oxygen atoms in total. The van der Waals surface area contributed by atoms with Crippen molar-refractivity contribution in [2.75, 3.05) is 0 Å². The van der Waals surface area contributed by atoms with Crippen LogP contribution in [0.25, 0.3) is 0 Å². The molecule has 0 spiro atoms. The first-order valence-corrected chi connectivity index (χ1v) is 7.29. The second kappa shape index (κ2) is 6.06. The van der Waals surface area contributed by atoms with Gasteiger partial charge in [-0.15, -0.1) is 0 Å². The second-order valence-corrected chi connectivity index (χ2v) is 5.42. The summed E-state index contributed by atoms with van der Waals surface area (Å²) in [7, 11) is 0. The predicted molar refractivity (Wildman–Crippen MR) is 77.1 cm³/mol. The van der Waals surface area contributed by atoms with Crippen molar-refractivity contribution in [3.8, 4) is 6.07 Å². The summed E-state index contributed by atoms with van der Waals surface area (Å²) >= 11 is 0. The number of rotatable bonds is 5. The Morgan fingerprint density at radius 2 is 2.05 bits per heavy atom. The summed E-state index contributed by atoms with van der Waals surface area (Å²) in [5, 5.41) is 14.0. The monoisotopic (exact) mass is 282 g/mol. The van der Waals surface area contributed by atoms with Gasteiger partial charge in [0.1, 0.15) is 18.7 Å². The fourth-order valence-electron chi connectivity index (χ4n) is 2.86. The van der Waals surface area contributed by atoms with E-state index >= 15 is 0 Å². The van der Waals surface area contributed by atoms with Crippen molar-refractivity contribution in [2.45, 2.75) is 43.9 Å². The van der Waals surface area contributed by atoms with E-state index in [0.717, 1.165) is 18.4 Å². The summed E-state index contributed by atoms with van der Waals surface area (Å²) in [6.07, 6.45) is 7.62. The van der Waals surface area contributed by atoms with Crippen molar-refractivity contribution >= 4 is 0 Å². The summed E-state index contributed by atoms with van der Waals surface area (Å²) in [5.74, 6) is 0. The molecule has 0 bridgehead atoms. The van der Waals surface area contributed by atoms with Crippen LogP contribution >= 0.6 is 0 Å². The minimum absolute atomic E-state index is 0.147. The number of hydrogen-bond donors (Lipinski definition) is 0. The van der Waals surface area contributed by atoms with Gasteiger partial charge in [-0.05, 0) is 12.8 Å². The highest BCUT2D eigenvalue weighted by Crippen LogP contribution is 2.33. The zero-order chi connectivity index (χ0) is 14.5. The van der Waals surface area contributed by atoms with Crippen molar-refractivity contribution in [3.05, 3.63) is 48.5 Å². The molecule has 1 atom stereocenters. The smallest absolute Gasteiger partial charge is 0.199 e. The number of hydrogen-bond acceptors (Lipinski definition) is 4. The first-order valence-electron chi connectivity index (χ1n) is 7.29. The fourth-order valence-corrected chi connectivity index (χ4v) is 2.86. The molecule has 1 aliphatic carbocycles. The lowest BCUT2D eigenvalue weighted by Gasteiger charge is -2.30. The van der Waals surface area contributed by atoms with Gasteiger partial charge in [0.05, 0.1) is 12.6 Å². The van der Waals surface area contributed by atoms with Crippen LogP contribution in [0.5, 0.6) is 0 Å². The number of nitriles is 1. The van der Waals surface area contributed by atoms with Gasteiger partial charge in [-0.2, -0.15) is 10.4 Å². The summed E-state index contributed by atoms with van der Waals surface area (Å²) in [5.41, 5.74) is -0.140. The molecule has 3 rings (SSSR count). The molecule has 0 saturated heterocycles. The standard InChI is InChI=1S/C16H18N4O/c17-10-16(11-20-13-18-12-19-20,14-6-2-1-3-7-14)21-15-8-4-5-9-15/h1-3,6-7,12-13,15H,4-5,8-9,11H2. The lowest BCUT2D eigenvalue weighted by atomic mass is 9.94. The summed E-state index contributed by atoms with van der Waals surface area (Å²) in [6, 6.07) is 12.1. The van der Waals surface area contributed by atoms with Crippen molar-refractivity contribution in [1.82, 2.24) is 14.8 Å². The van der Waals surface area contributed by atoms with E-state index in [-0.39, 0.29) is 6.10 Å². The van der Waals surface area contributed by atoms with Gasteiger partial charge in [0, 0.05) is 5.56 Å². The molecule has 1 aromatic heterocycles. The number of benzene rings is 1. The molecule has 2 aromatic rings. The van der Waals surface area contributed by atoms with Gasteiger partial charge >= 0.3 is 0 Å². The van der Waals surface area contributed by atoms with Crippen LogP contribution in [0.2, 0.25) is 0 Å². The van der Waals surface area contributed by atoms with E-state index in [0.29, 0.717) is 6.54 Å². The van der Waals surface area contributed by atoms with Crippen LogP contribution in [-0.4, -0.2) is 20.9 Å². The highest BCUT2D eigenvalue weighted by Gasteiger charge is 2.38. The van der Waals surface area contributed by atoms with Crippen LogP contribution in [-0.2, 0) is 16.9 Å². The molecule has 0 aliphatic heterocycles. The Bertz CT molecular complexity index is 599. The predicted octanol–water partition coefficient (Wildman–Crippen LogP) is 2.66. The van der Waals surface area contributed by atoms with E-state index in [9.17, 15) is 5.26 Å². The summed E-state index contributed by atoms with van der Waals surface area (Å²) < 4.78 is 7.92. The van der Waals surface area contributed by atoms with E-state index in [4.69, 9.17) is 4.74 Å². The zero-order valence-electron chi connectivity index (χ0n) is 11.9. The van der Waals surface area contributed by atoms with Gasteiger partial charge < -0.3 is 4.74 Å². The zero-order valence-corrected chi connectivity index (χ0v) is 11.9. The van der Waals surface area contributed by atoms with Gasteiger partial charge in [0.15, 0.2) is 5.60 Å². The minimum atomic E-state index is -1.01. The number of nitrogens with zero attached hydrogens (tertiary/aromatic N) is 4. The fraction of sp³-hybridized carbons (Fsp3) is 0.438. The molecule has 21 heavy (non-hydrogen) atoms. The number of aromatic nitrogens is 3. The van der Waals surface area contributed by atoms with Gasteiger partial charge in [-0.25, -0.2) is 9.67 Å². The Balaban J connectivity index is 1.93. The highest BCUT2D eigenvalue weighted by atomic mass is 16.5. The normalized spacial score (nSPS) is 18.2. The van der Waals surface area contributed by atoms with Crippen LogP contribution in [0, 0.1) is 11.3 Å². The molecule has 1 fully saturated rings. The SMILES string of the molecule is N#CC(Cn1cncn1)(OC1CCCC1)c1ccccc1. The molecule has 1 heterocycles. The lowest BCUT2D eigenvalue weighted by molar-refractivity contribution is -0.0708. The van der Waals surface area contributed by atoms with Crippen molar-refractivity contribution < 1.29 is 4.74 Å². The quantitative estimate of drug-likeness (QED) is 0.845. The Labute approximate surface area is 124 Å². The van der Waals surface area contributed by atoms with Crippen LogP contribution in [0.15, 0.2) is 43.0 Å². The molecular formula is C16H18N4O. The Kier molecular flexibility index (Phi) is 3.98. The Morgan fingerprint density at radius 3 is 2.67 bits per heavy atom. The maximum atomic E-state index is 9.85. The molecular weight excluding hydrogens is 264 g/mol. The van der Waals surface area contributed by atoms with Crippen LogP contribution in [0.4, 0.5) is 0 Å². The molecule has 1 unspecified atom stereocenters. The highest BCUT2D eigenvalue weighted by molar-refractivity contribution is 5.29. The molecule has 1 aliphatic rings. The van der Waals surface area contributed by atoms with E-state index in [1.807, 2.05) is 30.3 Å². The lowest BCUT2D eigenvalue weighted by Crippen LogP contribution is -2.36. The molecule has 1 aromatic carbocycles. The minimum Gasteiger partial charge on any atom is -0.351 e. The van der Waals surface area contributed by atoms with Gasteiger partial charge in [0.2, 0.25) is 0 Å².